The average molecular weight is 429 g/mol. The van der Waals surface area contributed by atoms with E-state index < -0.39 is 21.5 Å². The van der Waals surface area contributed by atoms with E-state index in [9.17, 15) is 18.1 Å². The number of rotatable bonds is 20. The maximum Gasteiger partial charge on any atom is 1.00 e. The van der Waals surface area contributed by atoms with Crippen LogP contribution in [0, 0.1) is 0 Å². The zero-order valence-corrected chi connectivity index (χ0v) is 21.8. The molecule has 2 unspecified atom stereocenters. The molecule has 6 heteroatoms. The molecule has 0 amide bonds. The summed E-state index contributed by atoms with van der Waals surface area (Å²) in [5, 5.41) is 9.21. The van der Waals surface area contributed by atoms with Crippen molar-refractivity contribution in [2.24, 2.45) is 0 Å². The van der Waals surface area contributed by atoms with E-state index in [0.717, 1.165) is 38.5 Å². The molecule has 4 nitrogen and oxygen atoms in total. The zero-order chi connectivity index (χ0) is 20.4. The van der Waals surface area contributed by atoms with Crippen molar-refractivity contribution in [1.82, 2.24) is 0 Å². The van der Waals surface area contributed by atoms with Gasteiger partial charge in [-0.3, -0.25) is 0 Å². The standard InChI is InChI=1S/C22H46O4S.Na/c1-3-5-7-9-10-11-12-13-14-15-16-18-21(23)20-22(27(24,25)26)19-17-8-6-4-2;/h21-23H,3-20H2,1-2H3,(H,24,25,26);/q;+1/p-1. The van der Waals surface area contributed by atoms with E-state index >= 15 is 0 Å². The van der Waals surface area contributed by atoms with Crippen LogP contribution in [0.1, 0.15) is 129 Å². The van der Waals surface area contributed by atoms with Crippen LogP contribution in [0.5, 0.6) is 0 Å². The van der Waals surface area contributed by atoms with Gasteiger partial charge in [0.2, 0.25) is 0 Å². The zero-order valence-electron chi connectivity index (χ0n) is 19.0. The summed E-state index contributed by atoms with van der Waals surface area (Å²) in [6, 6.07) is 0. The molecule has 0 rings (SSSR count). The van der Waals surface area contributed by atoms with E-state index in [1.165, 1.54) is 57.8 Å². The molecular formula is C22H45NaO4S. The summed E-state index contributed by atoms with van der Waals surface area (Å²) < 4.78 is 34.3. The average Bonchev–Trinajstić information content (AvgIpc) is 2.61. The Bertz CT molecular complexity index is 415. The van der Waals surface area contributed by atoms with Crippen LogP contribution in [0.3, 0.4) is 0 Å². The summed E-state index contributed by atoms with van der Waals surface area (Å²) in [5.41, 5.74) is 0. The second kappa shape index (κ2) is 21.1. The third-order valence-electron chi connectivity index (χ3n) is 5.46. The van der Waals surface area contributed by atoms with Crippen LogP contribution in [-0.4, -0.2) is 29.4 Å². The molecule has 0 saturated heterocycles. The van der Waals surface area contributed by atoms with Gasteiger partial charge in [-0.1, -0.05) is 110 Å². The Labute approximate surface area is 197 Å². The van der Waals surface area contributed by atoms with Crippen molar-refractivity contribution in [2.45, 2.75) is 141 Å². The number of aliphatic hydroxyl groups is 1. The van der Waals surface area contributed by atoms with Crippen molar-refractivity contribution in [2.75, 3.05) is 0 Å². The molecule has 0 bridgehead atoms. The molecule has 0 heterocycles. The summed E-state index contributed by atoms with van der Waals surface area (Å²) >= 11 is 0. The molecule has 0 spiro atoms. The molecule has 0 radical (unpaired) electrons. The Morgan fingerprint density at radius 1 is 0.679 bits per heavy atom. The minimum atomic E-state index is -4.31. The minimum Gasteiger partial charge on any atom is -0.748 e. The Hall–Kier alpha value is 0.870. The molecule has 0 aromatic carbocycles. The van der Waals surface area contributed by atoms with Crippen LogP contribution in [0.2, 0.25) is 0 Å². The fourth-order valence-corrected chi connectivity index (χ4v) is 4.56. The first kappa shape index (κ1) is 31.1. The molecule has 0 saturated carbocycles. The van der Waals surface area contributed by atoms with Gasteiger partial charge in [0.1, 0.15) is 0 Å². The van der Waals surface area contributed by atoms with Crippen LogP contribution in [-0.2, 0) is 10.1 Å². The minimum absolute atomic E-state index is 0. The number of hydrogen-bond acceptors (Lipinski definition) is 4. The molecule has 0 aliphatic heterocycles. The van der Waals surface area contributed by atoms with E-state index in [4.69, 9.17) is 0 Å². The Balaban J connectivity index is 0. The van der Waals surface area contributed by atoms with Crippen LogP contribution in [0.15, 0.2) is 0 Å². The van der Waals surface area contributed by atoms with Gasteiger partial charge in [-0.25, -0.2) is 8.42 Å². The van der Waals surface area contributed by atoms with Crippen LogP contribution >= 0.6 is 0 Å². The predicted octanol–water partition coefficient (Wildman–Crippen LogP) is 3.33. The second-order valence-electron chi connectivity index (χ2n) is 8.18. The quantitative estimate of drug-likeness (QED) is 0.183. The predicted molar refractivity (Wildman–Crippen MR) is 114 cm³/mol. The molecular weight excluding hydrogens is 383 g/mol. The van der Waals surface area contributed by atoms with E-state index in [2.05, 4.69) is 13.8 Å². The molecule has 0 fully saturated rings. The largest absolute Gasteiger partial charge is 1.00 e. The van der Waals surface area contributed by atoms with Crippen molar-refractivity contribution >= 4 is 10.1 Å². The fourth-order valence-electron chi connectivity index (χ4n) is 3.64. The molecule has 0 aromatic rings. The first-order valence-corrected chi connectivity index (χ1v) is 13.0. The van der Waals surface area contributed by atoms with Crippen molar-refractivity contribution in [3.63, 3.8) is 0 Å². The molecule has 0 aromatic heterocycles. The molecule has 0 aliphatic rings. The first-order valence-electron chi connectivity index (χ1n) is 11.5. The number of unbranched alkanes of at least 4 members (excludes halogenated alkanes) is 13. The fraction of sp³-hybridized carbons (Fsp3) is 1.00. The second-order valence-corrected chi connectivity index (χ2v) is 9.83. The monoisotopic (exact) mass is 428 g/mol. The van der Waals surface area contributed by atoms with E-state index in [1.807, 2.05) is 0 Å². The van der Waals surface area contributed by atoms with Gasteiger partial charge in [-0.2, -0.15) is 0 Å². The molecule has 1 N–H and O–H groups in total. The van der Waals surface area contributed by atoms with Gasteiger partial charge in [-0.15, -0.1) is 0 Å². The van der Waals surface area contributed by atoms with Gasteiger partial charge in [0.05, 0.1) is 21.5 Å². The van der Waals surface area contributed by atoms with Crippen molar-refractivity contribution in [3.8, 4) is 0 Å². The molecule has 28 heavy (non-hydrogen) atoms. The molecule has 164 valence electrons. The molecule has 0 aliphatic carbocycles. The van der Waals surface area contributed by atoms with Gasteiger partial charge in [-0.05, 0) is 19.3 Å². The van der Waals surface area contributed by atoms with Gasteiger partial charge in [0.15, 0.2) is 0 Å². The van der Waals surface area contributed by atoms with Crippen LogP contribution in [0.25, 0.3) is 0 Å². The third-order valence-corrected chi connectivity index (χ3v) is 6.71. The topological polar surface area (TPSA) is 77.4 Å². The van der Waals surface area contributed by atoms with Crippen molar-refractivity contribution in [1.29, 1.82) is 0 Å². The summed E-state index contributed by atoms with van der Waals surface area (Å²) in [7, 11) is -4.31. The number of hydrogen-bond donors (Lipinski definition) is 1. The first-order chi connectivity index (χ1) is 12.9. The normalized spacial score (nSPS) is 13.9. The maximum absolute atomic E-state index is 11.4. The van der Waals surface area contributed by atoms with Gasteiger partial charge in [0.25, 0.3) is 0 Å². The van der Waals surface area contributed by atoms with Gasteiger partial charge >= 0.3 is 29.6 Å². The van der Waals surface area contributed by atoms with Crippen molar-refractivity contribution < 1.29 is 47.6 Å². The summed E-state index contributed by atoms with van der Waals surface area (Å²) in [6.45, 7) is 4.34. The van der Waals surface area contributed by atoms with Gasteiger partial charge < -0.3 is 9.66 Å². The Morgan fingerprint density at radius 3 is 1.46 bits per heavy atom. The van der Waals surface area contributed by atoms with E-state index in [-0.39, 0.29) is 36.0 Å². The van der Waals surface area contributed by atoms with Crippen LogP contribution < -0.4 is 29.6 Å². The maximum atomic E-state index is 11.4. The number of aliphatic hydroxyl groups excluding tert-OH is 1. The SMILES string of the molecule is CCCCCCCCCCCCCC(O)CC(CCCCCC)S(=O)(=O)[O-].[Na+]. The smallest absolute Gasteiger partial charge is 0.748 e. The van der Waals surface area contributed by atoms with Crippen LogP contribution in [0.4, 0.5) is 0 Å². The van der Waals surface area contributed by atoms with Crippen molar-refractivity contribution in [3.05, 3.63) is 0 Å². The van der Waals surface area contributed by atoms with E-state index in [0.29, 0.717) is 12.8 Å². The Morgan fingerprint density at radius 2 is 1.04 bits per heavy atom. The van der Waals surface area contributed by atoms with Gasteiger partial charge in [0, 0.05) is 0 Å². The third kappa shape index (κ3) is 20.2. The summed E-state index contributed by atoms with van der Waals surface area (Å²) in [4.78, 5) is 0. The summed E-state index contributed by atoms with van der Waals surface area (Å²) in [6.07, 6.45) is 18.1. The van der Waals surface area contributed by atoms with E-state index in [1.54, 1.807) is 0 Å². The Kier molecular flexibility index (Phi) is 23.4. The molecule has 2 atom stereocenters. The summed E-state index contributed by atoms with van der Waals surface area (Å²) in [5.74, 6) is 0.